The molecule has 0 bridgehead atoms. The number of rotatable bonds is 1. The maximum Gasteiger partial charge on any atom is 0.191 e. The third-order valence-electron chi connectivity index (χ3n) is 2.80. The molecule has 14 heavy (non-hydrogen) atoms. The number of hydrogen-bond acceptors (Lipinski definition) is 3. The van der Waals surface area contributed by atoms with Crippen molar-refractivity contribution in [3.63, 3.8) is 0 Å². The van der Waals surface area contributed by atoms with E-state index in [0.717, 1.165) is 6.54 Å². The summed E-state index contributed by atoms with van der Waals surface area (Å²) in [6.07, 6.45) is 0. The van der Waals surface area contributed by atoms with Gasteiger partial charge in [-0.1, -0.05) is 24.3 Å². The van der Waals surface area contributed by atoms with Crippen molar-refractivity contribution in [2.24, 2.45) is 10.7 Å². The molecular weight excluding hydrogens is 174 g/mol. The summed E-state index contributed by atoms with van der Waals surface area (Å²) in [6, 6.07) is 8.70. The highest BCUT2D eigenvalue weighted by molar-refractivity contribution is 5.80. The van der Waals surface area contributed by atoms with Crippen molar-refractivity contribution < 1.29 is 0 Å². The first-order chi connectivity index (χ1) is 6.70. The minimum atomic E-state index is 0.316. The third-order valence-corrected chi connectivity index (χ3v) is 2.80. The van der Waals surface area contributed by atoms with Gasteiger partial charge in [0.2, 0.25) is 0 Å². The number of aliphatic imine (C=N–C) groups is 1. The second kappa shape index (κ2) is 3.33. The maximum atomic E-state index is 5.73. The molecule has 0 amide bonds. The van der Waals surface area contributed by atoms with Crippen molar-refractivity contribution in [3.8, 4) is 0 Å². The van der Waals surface area contributed by atoms with Crippen LogP contribution in [0.3, 0.4) is 0 Å². The summed E-state index contributed by atoms with van der Waals surface area (Å²) < 4.78 is 0. The van der Waals surface area contributed by atoms with E-state index < -0.39 is 0 Å². The molecule has 74 valence electrons. The summed E-state index contributed by atoms with van der Waals surface area (Å²) >= 11 is 0. The summed E-state index contributed by atoms with van der Waals surface area (Å²) in [5, 5.41) is 0. The molecule has 3 nitrogen and oxygen atoms in total. The van der Waals surface area contributed by atoms with Crippen molar-refractivity contribution in [2.45, 2.75) is 13.0 Å². The molecule has 1 aromatic carbocycles. The minimum Gasteiger partial charge on any atom is -0.370 e. The molecule has 0 fully saturated rings. The van der Waals surface area contributed by atoms with Crippen LogP contribution in [0.5, 0.6) is 0 Å². The van der Waals surface area contributed by atoms with Crippen molar-refractivity contribution >= 4 is 5.96 Å². The highest BCUT2D eigenvalue weighted by atomic mass is 15.3. The van der Waals surface area contributed by atoms with E-state index in [1.807, 2.05) is 11.9 Å². The first-order valence-corrected chi connectivity index (χ1v) is 4.78. The van der Waals surface area contributed by atoms with Gasteiger partial charge in [0, 0.05) is 7.05 Å². The molecule has 0 aromatic heterocycles. The van der Waals surface area contributed by atoms with E-state index >= 15 is 0 Å². The smallest absolute Gasteiger partial charge is 0.191 e. The molecule has 1 heterocycles. The molecule has 0 saturated carbocycles. The van der Waals surface area contributed by atoms with Crippen LogP contribution in [0.15, 0.2) is 29.3 Å². The van der Waals surface area contributed by atoms with Gasteiger partial charge in [-0.05, 0) is 18.1 Å². The first-order valence-electron chi connectivity index (χ1n) is 4.78. The molecule has 3 heteroatoms. The van der Waals surface area contributed by atoms with Gasteiger partial charge in [-0.15, -0.1) is 0 Å². The second-order valence-corrected chi connectivity index (χ2v) is 3.68. The molecule has 1 aromatic rings. The van der Waals surface area contributed by atoms with Crippen molar-refractivity contribution in [3.05, 3.63) is 35.4 Å². The average Bonchev–Trinajstić information content (AvgIpc) is 2.49. The van der Waals surface area contributed by atoms with E-state index in [0.29, 0.717) is 12.0 Å². The second-order valence-electron chi connectivity index (χ2n) is 3.68. The minimum absolute atomic E-state index is 0.316. The van der Waals surface area contributed by atoms with Crippen LogP contribution in [0.4, 0.5) is 0 Å². The number of aryl methyl sites for hydroxylation is 1. The SMILES string of the molecule is Cc1ccccc1C1CN=C(N)N1C. The standard InChI is InChI=1S/C11H15N3/c1-8-5-3-4-6-9(8)10-7-13-11(12)14(10)2/h3-6,10H,7H2,1-2H3,(H2,12,13). The molecule has 2 rings (SSSR count). The van der Waals surface area contributed by atoms with E-state index in [9.17, 15) is 0 Å². The van der Waals surface area contributed by atoms with Crippen LogP contribution in [0.25, 0.3) is 0 Å². The van der Waals surface area contributed by atoms with Gasteiger partial charge >= 0.3 is 0 Å². The molecule has 0 saturated heterocycles. The zero-order valence-corrected chi connectivity index (χ0v) is 8.57. The van der Waals surface area contributed by atoms with Crippen LogP contribution in [0, 0.1) is 6.92 Å². The highest BCUT2D eigenvalue weighted by Crippen LogP contribution is 2.25. The number of hydrogen-bond donors (Lipinski definition) is 1. The topological polar surface area (TPSA) is 41.6 Å². The van der Waals surface area contributed by atoms with Crippen molar-refractivity contribution in [2.75, 3.05) is 13.6 Å². The fourth-order valence-corrected chi connectivity index (χ4v) is 1.84. The van der Waals surface area contributed by atoms with Gasteiger partial charge in [0.1, 0.15) is 0 Å². The quantitative estimate of drug-likeness (QED) is 0.723. The Bertz CT molecular complexity index is 371. The average molecular weight is 189 g/mol. The Morgan fingerprint density at radius 2 is 2.14 bits per heavy atom. The lowest BCUT2D eigenvalue weighted by Gasteiger charge is -2.22. The lowest BCUT2D eigenvalue weighted by molar-refractivity contribution is 0.412. The summed E-state index contributed by atoms with van der Waals surface area (Å²) in [7, 11) is 1.99. The van der Waals surface area contributed by atoms with Crippen LogP contribution in [0.2, 0.25) is 0 Å². The van der Waals surface area contributed by atoms with Crippen molar-refractivity contribution in [1.29, 1.82) is 0 Å². The third kappa shape index (κ3) is 1.35. The molecule has 0 aliphatic carbocycles. The van der Waals surface area contributed by atoms with Crippen LogP contribution in [0.1, 0.15) is 17.2 Å². The van der Waals surface area contributed by atoms with E-state index in [4.69, 9.17) is 5.73 Å². The van der Waals surface area contributed by atoms with Crippen LogP contribution in [-0.4, -0.2) is 24.5 Å². The molecule has 1 atom stereocenters. The molecular formula is C11H15N3. The Morgan fingerprint density at radius 1 is 1.43 bits per heavy atom. The number of likely N-dealkylation sites (N-methyl/N-ethyl adjacent to an activating group) is 1. The predicted molar refractivity (Wildman–Crippen MR) is 58.2 cm³/mol. The predicted octanol–water partition coefficient (Wildman–Crippen LogP) is 1.30. The van der Waals surface area contributed by atoms with Crippen molar-refractivity contribution in [1.82, 2.24) is 4.90 Å². The van der Waals surface area contributed by atoms with Gasteiger partial charge in [-0.3, -0.25) is 4.99 Å². The largest absolute Gasteiger partial charge is 0.370 e. The summed E-state index contributed by atoms with van der Waals surface area (Å²) in [4.78, 5) is 6.27. The van der Waals surface area contributed by atoms with E-state index in [1.165, 1.54) is 11.1 Å². The fraction of sp³-hybridized carbons (Fsp3) is 0.364. The Hall–Kier alpha value is -1.51. The monoisotopic (exact) mass is 189 g/mol. The zero-order chi connectivity index (χ0) is 10.1. The number of nitrogens with two attached hydrogens (primary N) is 1. The molecule has 1 aliphatic rings. The zero-order valence-electron chi connectivity index (χ0n) is 8.57. The Kier molecular flexibility index (Phi) is 2.15. The van der Waals surface area contributed by atoms with Gasteiger partial charge in [0.05, 0.1) is 12.6 Å². The van der Waals surface area contributed by atoms with E-state index in [2.05, 4.69) is 36.2 Å². The Balaban J connectivity index is 2.30. The number of guanidine groups is 1. The maximum absolute atomic E-state index is 5.73. The van der Waals surface area contributed by atoms with Crippen LogP contribution < -0.4 is 5.73 Å². The highest BCUT2D eigenvalue weighted by Gasteiger charge is 2.24. The van der Waals surface area contributed by atoms with Crippen LogP contribution >= 0.6 is 0 Å². The number of nitrogens with zero attached hydrogens (tertiary/aromatic N) is 2. The molecule has 1 unspecified atom stereocenters. The lowest BCUT2D eigenvalue weighted by Crippen LogP contribution is -2.32. The molecule has 1 aliphatic heterocycles. The lowest BCUT2D eigenvalue weighted by atomic mass is 10.0. The fourth-order valence-electron chi connectivity index (χ4n) is 1.84. The van der Waals surface area contributed by atoms with Gasteiger partial charge < -0.3 is 10.6 Å². The normalized spacial score (nSPS) is 21.1. The van der Waals surface area contributed by atoms with E-state index in [1.54, 1.807) is 0 Å². The number of benzene rings is 1. The Labute approximate surface area is 84.2 Å². The summed E-state index contributed by atoms with van der Waals surface area (Å²) in [6.45, 7) is 2.89. The first kappa shape index (κ1) is 9.06. The molecule has 2 N–H and O–H groups in total. The summed E-state index contributed by atoms with van der Waals surface area (Å²) in [5.74, 6) is 0.637. The van der Waals surface area contributed by atoms with Gasteiger partial charge in [-0.2, -0.15) is 0 Å². The molecule has 0 spiro atoms. The van der Waals surface area contributed by atoms with Gasteiger partial charge in [0.15, 0.2) is 5.96 Å². The Morgan fingerprint density at radius 3 is 2.71 bits per heavy atom. The van der Waals surface area contributed by atoms with E-state index in [-0.39, 0.29) is 0 Å². The molecule has 0 radical (unpaired) electrons. The van der Waals surface area contributed by atoms with Gasteiger partial charge in [0.25, 0.3) is 0 Å². The van der Waals surface area contributed by atoms with Crippen LogP contribution in [-0.2, 0) is 0 Å². The summed E-state index contributed by atoms with van der Waals surface area (Å²) in [5.41, 5.74) is 8.35. The van der Waals surface area contributed by atoms with Gasteiger partial charge in [-0.25, -0.2) is 0 Å².